The van der Waals surface area contributed by atoms with Crippen molar-refractivity contribution in [2.45, 2.75) is 45.1 Å². The molecule has 0 spiro atoms. The minimum atomic E-state index is 0.661. The van der Waals surface area contributed by atoms with Crippen LogP contribution in [-0.2, 0) is 6.54 Å². The Kier molecular flexibility index (Phi) is 6.34. The first-order valence-electron chi connectivity index (χ1n) is 9.11. The van der Waals surface area contributed by atoms with E-state index in [2.05, 4.69) is 27.3 Å². The van der Waals surface area contributed by atoms with Crippen molar-refractivity contribution in [3.05, 3.63) is 22.4 Å². The molecule has 0 aliphatic carbocycles. The van der Waals surface area contributed by atoms with Crippen molar-refractivity contribution in [3.63, 3.8) is 0 Å². The second kappa shape index (κ2) is 8.69. The summed E-state index contributed by atoms with van der Waals surface area (Å²) in [6, 6.07) is 4.39. The van der Waals surface area contributed by atoms with Gasteiger partial charge in [-0.2, -0.15) is 0 Å². The van der Waals surface area contributed by atoms with E-state index in [-0.39, 0.29) is 0 Å². The van der Waals surface area contributed by atoms with E-state index in [4.69, 9.17) is 10.7 Å². The van der Waals surface area contributed by atoms with Crippen LogP contribution >= 0.6 is 11.3 Å². The molecule has 128 valence electrons. The van der Waals surface area contributed by atoms with Crippen molar-refractivity contribution in [2.75, 3.05) is 32.7 Å². The fourth-order valence-electron chi connectivity index (χ4n) is 3.69. The van der Waals surface area contributed by atoms with Crippen LogP contribution in [-0.4, -0.2) is 48.5 Å². The first-order chi connectivity index (χ1) is 11.3. The number of likely N-dealkylation sites (tertiary alicyclic amines) is 2. The summed E-state index contributed by atoms with van der Waals surface area (Å²) in [5.74, 6) is 1.44. The van der Waals surface area contributed by atoms with Gasteiger partial charge >= 0.3 is 0 Å². The monoisotopic (exact) mass is 334 g/mol. The molecule has 23 heavy (non-hydrogen) atoms. The van der Waals surface area contributed by atoms with Gasteiger partial charge in [-0.3, -0.25) is 9.89 Å². The number of hydrogen-bond donors (Lipinski definition) is 1. The molecular formula is C18H30N4S. The van der Waals surface area contributed by atoms with Gasteiger partial charge in [0.1, 0.15) is 0 Å². The third kappa shape index (κ3) is 5.21. The summed E-state index contributed by atoms with van der Waals surface area (Å²) in [6.45, 7) is 6.55. The summed E-state index contributed by atoms with van der Waals surface area (Å²) >= 11 is 1.86. The van der Waals surface area contributed by atoms with Gasteiger partial charge in [0.15, 0.2) is 5.96 Å². The molecule has 2 fully saturated rings. The van der Waals surface area contributed by atoms with Gasteiger partial charge in [0.25, 0.3) is 0 Å². The fourth-order valence-corrected chi connectivity index (χ4v) is 4.44. The number of piperidine rings is 1. The number of rotatable bonds is 4. The van der Waals surface area contributed by atoms with Gasteiger partial charge in [-0.1, -0.05) is 18.9 Å². The first kappa shape index (κ1) is 16.8. The zero-order valence-electron chi connectivity index (χ0n) is 14.1. The van der Waals surface area contributed by atoms with E-state index < -0.39 is 0 Å². The summed E-state index contributed by atoms with van der Waals surface area (Å²) in [5, 5.41) is 2.17. The number of hydrogen-bond acceptors (Lipinski definition) is 3. The Morgan fingerprint density at radius 3 is 2.74 bits per heavy atom. The van der Waals surface area contributed by atoms with Crippen molar-refractivity contribution in [1.29, 1.82) is 0 Å². The number of nitrogens with two attached hydrogens (primary N) is 1. The van der Waals surface area contributed by atoms with Gasteiger partial charge in [0.2, 0.25) is 0 Å². The molecule has 0 radical (unpaired) electrons. The zero-order chi connectivity index (χ0) is 15.9. The van der Waals surface area contributed by atoms with Gasteiger partial charge in [-0.05, 0) is 49.6 Å². The largest absolute Gasteiger partial charge is 0.370 e. The lowest BCUT2D eigenvalue weighted by atomic mass is 9.98. The zero-order valence-corrected chi connectivity index (χ0v) is 14.9. The highest BCUT2D eigenvalue weighted by Crippen LogP contribution is 2.20. The van der Waals surface area contributed by atoms with E-state index in [9.17, 15) is 0 Å². The van der Waals surface area contributed by atoms with Crippen LogP contribution in [0, 0.1) is 5.92 Å². The van der Waals surface area contributed by atoms with Gasteiger partial charge in [-0.25, -0.2) is 0 Å². The summed E-state index contributed by atoms with van der Waals surface area (Å²) in [6.07, 6.45) is 7.77. The van der Waals surface area contributed by atoms with Gasteiger partial charge in [-0.15, -0.1) is 11.3 Å². The van der Waals surface area contributed by atoms with Crippen LogP contribution in [0.3, 0.4) is 0 Å². The molecule has 5 heteroatoms. The van der Waals surface area contributed by atoms with Crippen LogP contribution in [0.25, 0.3) is 0 Å². The molecule has 2 aliphatic heterocycles. The van der Waals surface area contributed by atoms with E-state index in [0.717, 1.165) is 38.7 Å². The van der Waals surface area contributed by atoms with E-state index in [1.807, 2.05) is 11.3 Å². The van der Waals surface area contributed by atoms with Crippen LogP contribution in [0.5, 0.6) is 0 Å². The Labute approximate surface area is 144 Å². The fraction of sp³-hybridized carbons (Fsp3) is 0.722. The normalized spacial score (nSPS) is 24.6. The van der Waals surface area contributed by atoms with E-state index in [1.54, 1.807) is 0 Å². The third-order valence-electron chi connectivity index (χ3n) is 5.00. The molecule has 3 heterocycles. The molecule has 2 aliphatic rings. The summed E-state index contributed by atoms with van der Waals surface area (Å²) in [4.78, 5) is 11.1. The van der Waals surface area contributed by atoms with Crippen molar-refractivity contribution in [1.82, 2.24) is 9.80 Å². The smallest absolute Gasteiger partial charge is 0.191 e. The Balaban J connectivity index is 1.47. The standard InChI is InChI=1S/C18H30N4S/c19-18(22-10-3-1-2-4-11-22)20-13-16-7-5-9-21(14-16)15-17-8-6-12-23-17/h6,8,12,16H,1-5,7,9-11,13-15H2,(H2,19,20). The van der Waals surface area contributed by atoms with Crippen LogP contribution < -0.4 is 5.73 Å². The van der Waals surface area contributed by atoms with Crippen molar-refractivity contribution < 1.29 is 0 Å². The molecule has 2 N–H and O–H groups in total. The molecule has 1 unspecified atom stereocenters. The maximum Gasteiger partial charge on any atom is 0.191 e. The molecule has 0 saturated carbocycles. The van der Waals surface area contributed by atoms with Crippen LogP contribution in [0.15, 0.2) is 22.5 Å². The lowest BCUT2D eigenvalue weighted by Gasteiger charge is -2.32. The maximum atomic E-state index is 6.24. The second-order valence-electron chi connectivity index (χ2n) is 6.92. The lowest BCUT2D eigenvalue weighted by Crippen LogP contribution is -2.39. The Morgan fingerprint density at radius 1 is 1.17 bits per heavy atom. The van der Waals surface area contributed by atoms with E-state index in [0.29, 0.717) is 5.92 Å². The minimum absolute atomic E-state index is 0.661. The topological polar surface area (TPSA) is 44.9 Å². The minimum Gasteiger partial charge on any atom is -0.370 e. The number of nitrogens with zero attached hydrogens (tertiary/aromatic N) is 3. The highest BCUT2D eigenvalue weighted by molar-refractivity contribution is 7.09. The highest BCUT2D eigenvalue weighted by atomic mass is 32.1. The summed E-state index contributed by atoms with van der Waals surface area (Å²) in [5.41, 5.74) is 6.24. The Bertz CT molecular complexity index is 477. The SMILES string of the molecule is NC(=NCC1CCCN(Cc2cccs2)C1)N1CCCCCC1. The number of guanidine groups is 1. The molecule has 0 aromatic carbocycles. The molecule has 1 aromatic rings. The average Bonchev–Trinajstić information content (AvgIpc) is 2.92. The Morgan fingerprint density at radius 2 is 2.00 bits per heavy atom. The van der Waals surface area contributed by atoms with Crippen LogP contribution in [0.1, 0.15) is 43.4 Å². The van der Waals surface area contributed by atoms with Gasteiger partial charge < -0.3 is 10.6 Å². The molecular weight excluding hydrogens is 304 g/mol. The molecule has 3 rings (SSSR count). The lowest BCUT2D eigenvalue weighted by molar-refractivity contribution is 0.172. The molecule has 0 bridgehead atoms. The average molecular weight is 335 g/mol. The number of aliphatic imine (C=N–C) groups is 1. The molecule has 2 saturated heterocycles. The van der Waals surface area contributed by atoms with Gasteiger partial charge in [0, 0.05) is 37.6 Å². The van der Waals surface area contributed by atoms with Crippen molar-refractivity contribution >= 4 is 17.3 Å². The van der Waals surface area contributed by atoms with E-state index in [1.165, 1.54) is 49.9 Å². The van der Waals surface area contributed by atoms with Crippen LogP contribution in [0.2, 0.25) is 0 Å². The second-order valence-corrected chi connectivity index (χ2v) is 7.96. The number of thiophene rings is 1. The van der Waals surface area contributed by atoms with Crippen molar-refractivity contribution in [3.8, 4) is 0 Å². The summed E-state index contributed by atoms with van der Waals surface area (Å²) < 4.78 is 0. The van der Waals surface area contributed by atoms with Gasteiger partial charge in [0.05, 0.1) is 0 Å². The molecule has 0 amide bonds. The predicted molar refractivity (Wildman–Crippen MR) is 98.9 cm³/mol. The van der Waals surface area contributed by atoms with E-state index >= 15 is 0 Å². The highest BCUT2D eigenvalue weighted by Gasteiger charge is 2.20. The molecule has 4 nitrogen and oxygen atoms in total. The first-order valence-corrected chi connectivity index (χ1v) is 9.99. The molecule has 1 aromatic heterocycles. The van der Waals surface area contributed by atoms with Crippen molar-refractivity contribution in [2.24, 2.45) is 16.6 Å². The maximum absolute atomic E-state index is 6.24. The van der Waals surface area contributed by atoms with Crippen LogP contribution in [0.4, 0.5) is 0 Å². The Hall–Kier alpha value is -1.07. The molecule has 1 atom stereocenters. The summed E-state index contributed by atoms with van der Waals surface area (Å²) in [7, 11) is 0. The predicted octanol–water partition coefficient (Wildman–Crippen LogP) is 3.15. The quantitative estimate of drug-likeness (QED) is 0.679. The third-order valence-corrected chi connectivity index (χ3v) is 5.87.